The number of carbonyl (C=O) groups is 3. The van der Waals surface area contributed by atoms with Crippen LogP contribution in [0.5, 0.6) is 0 Å². The van der Waals surface area contributed by atoms with Crippen molar-refractivity contribution < 1.29 is 19.1 Å². The maximum absolute atomic E-state index is 13.1. The van der Waals surface area contributed by atoms with Crippen molar-refractivity contribution in [1.82, 2.24) is 5.32 Å². The number of methoxy groups -OCH3 is 1. The molecule has 154 valence electrons. The van der Waals surface area contributed by atoms with Crippen LogP contribution < -0.4 is 5.32 Å². The second-order valence-electron chi connectivity index (χ2n) is 8.59. The highest BCUT2D eigenvalue weighted by Gasteiger charge is 2.53. The summed E-state index contributed by atoms with van der Waals surface area (Å²) in [4.78, 5) is 38.5. The van der Waals surface area contributed by atoms with Crippen LogP contribution in [0.1, 0.15) is 46.1 Å². The van der Waals surface area contributed by atoms with E-state index >= 15 is 0 Å². The minimum atomic E-state index is -0.494. The Kier molecular flexibility index (Phi) is 7.78. The largest absolute Gasteiger partial charge is 0.469 e. The molecule has 1 aromatic rings. The fraction of sp³-hybridized carbons (Fsp3) is 0.609. The number of hydrogen-bond acceptors (Lipinski definition) is 4. The predicted octanol–water partition coefficient (Wildman–Crippen LogP) is 3.62. The van der Waals surface area contributed by atoms with Gasteiger partial charge >= 0.3 is 5.97 Å². The van der Waals surface area contributed by atoms with Gasteiger partial charge in [-0.15, -0.1) is 0 Å². The molecule has 1 aliphatic rings. The molecule has 1 aromatic carbocycles. The van der Waals surface area contributed by atoms with Gasteiger partial charge < -0.3 is 10.1 Å². The smallest absolute Gasteiger partial charge is 0.308 e. The molecule has 1 N–H and O–H groups in total. The van der Waals surface area contributed by atoms with E-state index in [0.717, 1.165) is 5.56 Å². The first-order valence-electron chi connectivity index (χ1n) is 10.2. The van der Waals surface area contributed by atoms with Gasteiger partial charge in [0, 0.05) is 24.8 Å². The van der Waals surface area contributed by atoms with E-state index in [1.54, 1.807) is 0 Å². The van der Waals surface area contributed by atoms with Crippen LogP contribution in [0.4, 0.5) is 0 Å². The normalized spacial score (nSPS) is 24.4. The van der Waals surface area contributed by atoms with Gasteiger partial charge in [-0.3, -0.25) is 14.4 Å². The fourth-order valence-electron chi connectivity index (χ4n) is 4.54. The number of amides is 1. The maximum Gasteiger partial charge on any atom is 0.308 e. The second kappa shape index (κ2) is 9.85. The van der Waals surface area contributed by atoms with E-state index in [1.165, 1.54) is 7.11 Å². The van der Waals surface area contributed by atoms with Gasteiger partial charge in [0.2, 0.25) is 5.91 Å². The van der Waals surface area contributed by atoms with Crippen molar-refractivity contribution in [2.24, 2.45) is 35.5 Å². The summed E-state index contributed by atoms with van der Waals surface area (Å²) in [7, 11) is 1.37. The molecule has 0 heterocycles. The lowest BCUT2D eigenvalue weighted by molar-refractivity contribution is -0.147. The molecule has 28 heavy (non-hydrogen) atoms. The van der Waals surface area contributed by atoms with E-state index in [2.05, 4.69) is 5.32 Å². The number of esters is 1. The number of carbonyl (C=O) groups excluding carboxylic acids is 3. The summed E-state index contributed by atoms with van der Waals surface area (Å²) in [6.45, 7) is 8.44. The molecule has 0 unspecified atom stereocenters. The Hall–Kier alpha value is -2.17. The lowest BCUT2D eigenvalue weighted by atomic mass is 9.75. The number of hydrogen-bond donors (Lipinski definition) is 1. The molecule has 2 rings (SSSR count). The van der Waals surface area contributed by atoms with Gasteiger partial charge in [0.25, 0.3) is 0 Å². The van der Waals surface area contributed by atoms with Gasteiger partial charge in [-0.05, 0) is 29.7 Å². The van der Waals surface area contributed by atoms with E-state index in [9.17, 15) is 14.4 Å². The van der Waals surface area contributed by atoms with Crippen LogP contribution in [0, 0.1) is 35.5 Å². The minimum absolute atomic E-state index is 0.0833. The third kappa shape index (κ3) is 5.21. The summed E-state index contributed by atoms with van der Waals surface area (Å²) in [5.41, 5.74) is 1.00. The average Bonchev–Trinajstić information content (AvgIpc) is 3.07. The first-order chi connectivity index (χ1) is 13.3. The number of Topliss-reactive ketones (excluding diaryl/α,β-unsaturated/α-hetero) is 1. The molecule has 0 radical (unpaired) electrons. The number of ketones is 1. The Morgan fingerprint density at radius 3 is 2.25 bits per heavy atom. The monoisotopic (exact) mass is 387 g/mol. The molecule has 0 aromatic heterocycles. The molecular formula is C23H33NO4. The van der Waals surface area contributed by atoms with Crippen LogP contribution in [0.15, 0.2) is 30.3 Å². The molecule has 1 fully saturated rings. The summed E-state index contributed by atoms with van der Waals surface area (Å²) < 4.78 is 5.00. The number of nitrogens with one attached hydrogen (secondary N) is 1. The highest BCUT2D eigenvalue weighted by Crippen LogP contribution is 2.47. The highest BCUT2D eigenvalue weighted by molar-refractivity contribution is 5.91. The lowest BCUT2D eigenvalue weighted by Crippen LogP contribution is -2.38. The van der Waals surface area contributed by atoms with Crippen LogP contribution in [0.25, 0.3) is 0 Å². The van der Waals surface area contributed by atoms with Crippen molar-refractivity contribution in [2.75, 3.05) is 7.11 Å². The molecule has 0 bridgehead atoms. The first-order valence-corrected chi connectivity index (χ1v) is 10.2. The molecule has 0 aliphatic heterocycles. The summed E-state index contributed by atoms with van der Waals surface area (Å²) in [5, 5.41) is 2.97. The quantitative estimate of drug-likeness (QED) is 0.692. The van der Waals surface area contributed by atoms with E-state index < -0.39 is 17.8 Å². The minimum Gasteiger partial charge on any atom is -0.469 e. The van der Waals surface area contributed by atoms with Gasteiger partial charge in [0.05, 0.1) is 13.0 Å². The van der Waals surface area contributed by atoms with E-state index in [-0.39, 0.29) is 35.4 Å². The second-order valence-corrected chi connectivity index (χ2v) is 8.59. The molecule has 5 heteroatoms. The summed E-state index contributed by atoms with van der Waals surface area (Å²) in [6, 6.07) is 9.67. The van der Waals surface area contributed by atoms with Crippen LogP contribution in [0.3, 0.4) is 0 Å². The molecule has 1 amide bonds. The van der Waals surface area contributed by atoms with E-state index in [0.29, 0.717) is 19.4 Å². The molecule has 0 spiro atoms. The number of ether oxygens (including phenoxy) is 1. The SMILES string of the molecule is COC(=O)[C@@H]1C[C@H](C(=O)NCc2ccccc2)[C@H](C(=O)CC(C)C)[C@H]1C(C)C. The van der Waals surface area contributed by atoms with E-state index in [4.69, 9.17) is 4.74 Å². The summed E-state index contributed by atoms with van der Waals surface area (Å²) in [6.07, 6.45) is 0.787. The maximum atomic E-state index is 13.1. The third-order valence-electron chi connectivity index (χ3n) is 5.72. The van der Waals surface area contributed by atoms with Crippen LogP contribution in [-0.4, -0.2) is 24.8 Å². The summed E-state index contributed by atoms with van der Waals surface area (Å²) >= 11 is 0. The number of benzene rings is 1. The Balaban J connectivity index is 2.25. The Morgan fingerprint density at radius 1 is 1.07 bits per heavy atom. The van der Waals surface area contributed by atoms with Crippen molar-refractivity contribution in [3.8, 4) is 0 Å². The van der Waals surface area contributed by atoms with Crippen molar-refractivity contribution in [1.29, 1.82) is 0 Å². The Labute approximate surface area is 168 Å². The molecule has 4 atom stereocenters. The topological polar surface area (TPSA) is 72.5 Å². The highest BCUT2D eigenvalue weighted by atomic mass is 16.5. The van der Waals surface area contributed by atoms with Crippen molar-refractivity contribution in [3.63, 3.8) is 0 Å². The van der Waals surface area contributed by atoms with Crippen molar-refractivity contribution in [2.45, 2.75) is 47.1 Å². The van der Waals surface area contributed by atoms with Crippen LogP contribution >= 0.6 is 0 Å². The zero-order chi connectivity index (χ0) is 20.8. The van der Waals surface area contributed by atoms with Gasteiger partial charge in [-0.1, -0.05) is 58.0 Å². The van der Waals surface area contributed by atoms with Crippen molar-refractivity contribution in [3.05, 3.63) is 35.9 Å². The molecule has 0 saturated heterocycles. The lowest BCUT2D eigenvalue weighted by Gasteiger charge is -2.28. The van der Waals surface area contributed by atoms with Crippen molar-refractivity contribution >= 4 is 17.7 Å². The van der Waals surface area contributed by atoms with Gasteiger partial charge in [-0.25, -0.2) is 0 Å². The Morgan fingerprint density at radius 2 is 1.71 bits per heavy atom. The van der Waals surface area contributed by atoms with Crippen LogP contribution in [-0.2, 0) is 25.7 Å². The predicted molar refractivity (Wildman–Crippen MR) is 108 cm³/mol. The third-order valence-corrected chi connectivity index (χ3v) is 5.72. The zero-order valence-corrected chi connectivity index (χ0v) is 17.6. The molecule has 1 aliphatic carbocycles. The zero-order valence-electron chi connectivity index (χ0n) is 17.6. The van der Waals surface area contributed by atoms with Gasteiger partial charge in [0.1, 0.15) is 5.78 Å². The molecule has 1 saturated carbocycles. The van der Waals surface area contributed by atoms with E-state index in [1.807, 2.05) is 58.0 Å². The summed E-state index contributed by atoms with van der Waals surface area (Å²) in [5.74, 6) is -1.59. The van der Waals surface area contributed by atoms with Gasteiger partial charge in [0.15, 0.2) is 0 Å². The molecular weight excluding hydrogens is 354 g/mol. The first kappa shape index (κ1) is 22.1. The van der Waals surface area contributed by atoms with Crippen LogP contribution in [0.2, 0.25) is 0 Å². The number of rotatable bonds is 8. The average molecular weight is 388 g/mol. The van der Waals surface area contributed by atoms with Gasteiger partial charge in [-0.2, -0.15) is 0 Å². The fourth-order valence-corrected chi connectivity index (χ4v) is 4.54. The Bertz CT molecular complexity index is 683. The standard InChI is InChI=1S/C23H33NO4/c1-14(2)11-19(25)21-17(12-18(23(27)28-5)20(21)15(3)4)22(26)24-13-16-9-7-6-8-10-16/h6-10,14-15,17-18,20-21H,11-13H2,1-5H3,(H,24,26)/t17-,18+,20-,21+/m0/s1. The molecule has 5 nitrogen and oxygen atoms in total.